The summed E-state index contributed by atoms with van der Waals surface area (Å²) in [7, 11) is -3.61. The van der Waals surface area contributed by atoms with Gasteiger partial charge < -0.3 is 15.2 Å². The number of fused-ring (bicyclic) bond motifs is 1. The number of rotatable bonds is 11. The quantitative estimate of drug-likeness (QED) is 0.352. The van der Waals surface area contributed by atoms with Gasteiger partial charge in [-0.1, -0.05) is 85.8 Å². The van der Waals surface area contributed by atoms with Gasteiger partial charge in [0, 0.05) is 12.8 Å². The third-order valence-electron chi connectivity index (χ3n) is 5.34. The molecule has 38 heavy (non-hydrogen) atoms. The number of amides is 1. The van der Waals surface area contributed by atoms with E-state index in [0.29, 0.717) is 5.56 Å². The molecule has 2 unspecified atom stereocenters. The Kier molecular flexibility index (Phi) is 11.6. The molecule has 0 spiro atoms. The van der Waals surface area contributed by atoms with Crippen LogP contribution in [0.5, 0.6) is 0 Å². The molecule has 0 fully saturated rings. The summed E-state index contributed by atoms with van der Waals surface area (Å²) in [5, 5.41) is 13.8. The number of sulfone groups is 1. The Balaban J connectivity index is 0.000000415. The van der Waals surface area contributed by atoms with E-state index in [2.05, 4.69) is 58.6 Å². The van der Waals surface area contributed by atoms with Crippen LogP contribution in [-0.4, -0.2) is 55.6 Å². The van der Waals surface area contributed by atoms with E-state index in [1.54, 1.807) is 30.3 Å². The Morgan fingerprint density at radius 1 is 0.868 bits per heavy atom. The SMILES string of the molecule is CC(=O)OCC(=O)C(CC(=O)O)NC(=O)C(C)CS(=O)(=O)Cc1ccccc1.c1ccc2ccccc2c1. The normalized spacial score (nSPS) is 12.4. The number of Topliss-reactive ketones (excluding diaryl/α,β-unsaturated/α-hetero) is 1. The minimum absolute atomic E-state index is 0.241. The maximum atomic E-state index is 12.3. The number of carbonyl (C=O) groups excluding carboxylic acids is 3. The summed E-state index contributed by atoms with van der Waals surface area (Å²) in [6.07, 6.45) is -0.713. The van der Waals surface area contributed by atoms with Crippen LogP contribution in [0.2, 0.25) is 0 Å². The Hall–Kier alpha value is -4.05. The van der Waals surface area contributed by atoms with E-state index in [9.17, 15) is 27.6 Å². The first kappa shape index (κ1) is 30.2. The number of ether oxygens (including phenoxy) is 1. The van der Waals surface area contributed by atoms with Crippen molar-refractivity contribution >= 4 is 44.2 Å². The topological polar surface area (TPSA) is 144 Å². The molecule has 3 rings (SSSR count). The highest BCUT2D eigenvalue weighted by atomic mass is 32.2. The van der Waals surface area contributed by atoms with Crippen LogP contribution in [0.3, 0.4) is 0 Å². The molecule has 9 nitrogen and oxygen atoms in total. The molecule has 202 valence electrons. The van der Waals surface area contributed by atoms with E-state index in [4.69, 9.17) is 5.11 Å². The fraction of sp³-hybridized carbons (Fsp3) is 0.286. The number of carboxylic acid groups (broad SMARTS) is 1. The van der Waals surface area contributed by atoms with Crippen LogP contribution in [0.25, 0.3) is 10.8 Å². The summed E-state index contributed by atoms with van der Waals surface area (Å²) in [4.78, 5) is 46.0. The maximum Gasteiger partial charge on any atom is 0.305 e. The molecule has 2 N–H and O–H groups in total. The zero-order valence-electron chi connectivity index (χ0n) is 21.2. The number of esters is 1. The maximum absolute atomic E-state index is 12.3. The van der Waals surface area contributed by atoms with Crippen LogP contribution in [0, 0.1) is 5.92 Å². The van der Waals surface area contributed by atoms with Gasteiger partial charge in [-0.25, -0.2) is 8.42 Å². The van der Waals surface area contributed by atoms with Crippen molar-refractivity contribution in [3.63, 3.8) is 0 Å². The van der Waals surface area contributed by atoms with Gasteiger partial charge in [-0.05, 0) is 16.3 Å². The van der Waals surface area contributed by atoms with E-state index >= 15 is 0 Å². The van der Waals surface area contributed by atoms with Crippen LogP contribution in [0.1, 0.15) is 25.8 Å². The summed E-state index contributed by atoms with van der Waals surface area (Å²) in [5.41, 5.74) is 0.579. The van der Waals surface area contributed by atoms with Gasteiger partial charge in [-0.2, -0.15) is 0 Å². The van der Waals surface area contributed by atoms with E-state index in [-0.39, 0.29) is 5.75 Å². The predicted octanol–water partition coefficient (Wildman–Crippen LogP) is 3.17. The third kappa shape index (κ3) is 10.9. The molecule has 0 saturated carbocycles. The third-order valence-corrected chi connectivity index (χ3v) is 7.12. The lowest BCUT2D eigenvalue weighted by Gasteiger charge is -2.19. The van der Waals surface area contributed by atoms with Crippen molar-refractivity contribution < 1.29 is 37.4 Å². The lowest BCUT2D eigenvalue weighted by Crippen LogP contribution is -2.46. The van der Waals surface area contributed by atoms with Gasteiger partial charge in [0.1, 0.15) is 6.04 Å². The van der Waals surface area contributed by atoms with Crippen molar-refractivity contribution in [3.8, 4) is 0 Å². The number of benzene rings is 3. The average Bonchev–Trinajstić information content (AvgIpc) is 2.87. The summed E-state index contributed by atoms with van der Waals surface area (Å²) in [6, 6.07) is 23.7. The van der Waals surface area contributed by atoms with Gasteiger partial charge >= 0.3 is 11.9 Å². The van der Waals surface area contributed by atoms with Crippen LogP contribution >= 0.6 is 0 Å². The Labute approximate surface area is 221 Å². The van der Waals surface area contributed by atoms with Gasteiger partial charge in [0.25, 0.3) is 0 Å². The second kappa shape index (κ2) is 14.6. The number of nitrogens with one attached hydrogen (secondary N) is 1. The minimum atomic E-state index is -3.61. The van der Waals surface area contributed by atoms with Crippen molar-refractivity contribution in [1.29, 1.82) is 0 Å². The van der Waals surface area contributed by atoms with Crippen molar-refractivity contribution in [2.75, 3.05) is 12.4 Å². The molecule has 0 bridgehead atoms. The number of hydrogen-bond acceptors (Lipinski definition) is 7. The second-order valence-corrected chi connectivity index (χ2v) is 10.8. The van der Waals surface area contributed by atoms with Crippen LogP contribution in [-0.2, 0) is 39.5 Å². The highest BCUT2D eigenvalue weighted by Crippen LogP contribution is 2.12. The molecule has 3 aromatic rings. The standard InChI is InChI=1S/C18H23NO8S.C10H8/c1-12(10-28(25,26)11-14-6-4-3-5-7-14)18(24)19-15(8-17(22)23)16(21)9-27-13(2)20;1-2-6-10-8-4-3-7-9(10)5-1/h3-7,12,15H,8-11H2,1-2H3,(H,19,24)(H,22,23);1-8H. The first-order valence-corrected chi connectivity index (χ1v) is 13.7. The zero-order valence-corrected chi connectivity index (χ0v) is 22.0. The molecule has 0 aromatic heterocycles. The molecule has 0 heterocycles. The molecule has 0 aliphatic heterocycles. The number of carboxylic acids is 1. The highest BCUT2D eigenvalue weighted by molar-refractivity contribution is 7.90. The van der Waals surface area contributed by atoms with Gasteiger partial charge in [-0.3, -0.25) is 19.2 Å². The van der Waals surface area contributed by atoms with Crippen molar-refractivity contribution in [2.24, 2.45) is 5.92 Å². The monoisotopic (exact) mass is 541 g/mol. The van der Waals surface area contributed by atoms with Gasteiger partial charge in [0.05, 0.1) is 17.9 Å². The fourth-order valence-electron chi connectivity index (χ4n) is 3.48. The Morgan fingerprint density at radius 3 is 1.84 bits per heavy atom. The largest absolute Gasteiger partial charge is 0.481 e. The minimum Gasteiger partial charge on any atom is -0.481 e. The molecule has 3 aromatic carbocycles. The molecule has 10 heteroatoms. The predicted molar refractivity (Wildman–Crippen MR) is 143 cm³/mol. The van der Waals surface area contributed by atoms with Crippen molar-refractivity contribution in [3.05, 3.63) is 84.4 Å². The van der Waals surface area contributed by atoms with Crippen molar-refractivity contribution in [2.45, 2.75) is 32.1 Å². The number of ketones is 1. The zero-order chi connectivity index (χ0) is 28.1. The number of carbonyl (C=O) groups is 4. The summed E-state index contributed by atoms with van der Waals surface area (Å²) in [5.74, 6) is -5.36. The molecular weight excluding hydrogens is 510 g/mol. The smallest absolute Gasteiger partial charge is 0.305 e. The highest BCUT2D eigenvalue weighted by Gasteiger charge is 2.28. The molecular formula is C28H31NO8S. The molecule has 0 saturated heterocycles. The van der Waals surface area contributed by atoms with Gasteiger partial charge in [0.2, 0.25) is 5.91 Å². The van der Waals surface area contributed by atoms with E-state index in [0.717, 1.165) is 6.92 Å². The van der Waals surface area contributed by atoms with Gasteiger partial charge in [0.15, 0.2) is 22.2 Å². The lowest BCUT2D eigenvalue weighted by molar-refractivity contribution is -0.147. The molecule has 0 aliphatic carbocycles. The summed E-state index contributed by atoms with van der Waals surface area (Å²) >= 11 is 0. The summed E-state index contributed by atoms with van der Waals surface area (Å²) in [6.45, 7) is 1.76. The van der Waals surface area contributed by atoms with Gasteiger partial charge in [-0.15, -0.1) is 0 Å². The first-order chi connectivity index (χ1) is 18.0. The second-order valence-electron chi connectivity index (χ2n) is 8.69. The fourth-order valence-corrected chi connectivity index (χ4v) is 5.22. The van der Waals surface area contributed by atoms with Crippen molar-refractivity contribution in [1.82, 2.24) is 5.32 Å². The van der Waals surface area contributed by atoms with Crippen LogP contribution in [0.4, 0.5) is 0 Å². The first-order valence-electron chi connectivity index (χ1n) is 11.8. The van der Waals surface area contributed by atoms with Crippen LogP contribution in [0.15, 0.2) is 78.9 Å². The van der Waals surface area contributed by atoms with E-state index in [1.807, 2.05) is 0 Å². The van der Waals surface area contributed by atoms with E-state index in [1.165, 1.54) is 17.7 Å². The van der Waals surface area contributed by atoms with E-state index < -0.39 is 64.2 Å². The average molecular weight is 542 g/mol. The number of aliphatic carboxylic acids is 1. The molecule has 0 aliphatic rings. The Morgan fingerprint density at radius 2 is 1.37 bits per heavy atom. The lowest BCUT2D eigenvalue weighted by atomic mass is 10.1. The molecule has 2 atom stereocenters. The molecule has 1 amide bonds. The Bertz CT molecular complexity index is 1290. The molecule has 0 radical (unpaired) electrons. The number of hydrogen-bond donors (Lipinski definition) is 2. The summed E-state index contributed by atoms with van der Waals surface area (Å²) < 4.78 is 29.1. The van der Waals surface area contributed by atoms with Crippen LogP contribution < -0.4 is 5.32 Å².